The fourth-order valence-electron chi connectivity index (χ4n) is 1.90. The molecule has 0 unspecified atom stereocenters. The summed E-state index contributed by atoms with van der Waals surface area (Å²) in [4.78, 5) is 1.33. The zero-order valence-corrected chi connectivity index (χ0v) is 13.3. The van der Waals surface area contributed by atoms with Crippen molar-refractivity contribution in [3.8, 4) is 5.75 Å². The van der Waals surface area contributed by atoms with Crippen LogP contribution < -0.4 is 10.1 Å². The summed E-state index contributed by atoms with van der Waals surface area (Å²) in [6, 6.07) is 10.2. The van der Waals surface area contributed by atoms with E-state index in [0.717, 1.165) is 31.7 Å². The van der Waals surface area contributed by atoms with Crippen molar-refractivity contribution in [1.82, 2.24) is 5.32 Å². The van der Waals surface area contributed by atoms with Gasteiger partial charge in [0.1, 0.15) is 5.75 Å². The van der Waals surface area contributed by atoms with Crippen LogP contribution in [-0.4, -0.2) is 13.2 Å². The Balaban J connectivity index is 1.82. The molecule has 1 aromatic heterocycles. The molecule has 0 amide bonds. The Labute approximate surface area is 129 Å². The van der Waals surface area contributed by atoms with Crippen LogP contribution in [-0.2, 0) is 13.0 Å². The van der Waals surface area contributed by atoms with Gasteiger partial charge in [0.15, 0.2) is 0 Å². The second-order valence-electron chi connectivity index (χ2n) is 4.62. The molecule has 0 aliphatic heterocycles. The minimum Gasteiger partial charge on any atom is -0.492 e. The lowest BCUT2D eigenvalue weighted by Crippen LogP contribution is -2.13. The lowest BCUT2D eigenvalue weighted by atomic mass is 10.2. The number of rotatable bonds is 8. The van der Waals surface area contributed by atoms with Crippen LogP contribution in [0.4, 0.5) is 0 Å². The van der Waals surface area contributed by atoms with E-state index in [-0.39, 0.29) is 0 Å². The van der Waals surface area contributed by atoms with Crippen LogP contribution in [0.1, 0.15) is 23.8 Å². The third-order valence-electron chi connectivity index (χ3n) is 2.94. The minimum absolute atomic E-state index is 0.660. The van der Waals surface area contributed by atoms with Crippen LogP contribution in [0.15, 0.2) is 35.7 Å². The highest BCUT2D eigenvalue weighted by molar-refractivity contribution is 7.09. The molecule has 2 aromatic rings. The molecule has 0 radical (unpaired) electrons. The number of nitrogens with one attached hydrogen (secondary N) is 1. The predicted molar refractivity (Wildman–Crippen MR) is 87.0 cm³/mol. The molecular formula is C16H20ClNOS. The van der Waals surface area contributed by atoms with E-state index in [1.807, 2.05) is 12.1 Å². The summed E-state index contributed by atoms with van der Waals surface area (Å²) in [7, 11) is 0. The third kappa shape index (κ3) is 4.82. The van der Waals surface area contributed by atoms with Crippen LogP contribution in [0.5, 0.6) is 5.75 Å². The van der Waals surface area contributed by atoms with Gasteiger partial charge in [-0.25, -0.2) is 0 Å². The molecule has 0 bridgehead atoms. The van der Waals surface area contributed by atoms with Crippen LogP contribution in [0.25, 0.3) is 0 Å². The summed E-state index contributed by atoms with van der Waals surface area (Å²) in [5.41, 5.74) is 1.19. The summed E-state index contributed by atoms with van der Waals surface area (Å²) >= 11 is 8.01. The largest absolute Gasteiger partial charge is 0.492 e. The lowest BCUT2D eigenvalue weighted by Gasteiger charge is -2.09. The maximum absolute atomic E-state index is 6.25. The van der Waals surface area contributed by atoms with Gasteiger partial charge in [0.2, 0.25) is 0 Å². The Kier molecular flexibility index (Phi) is 6.37. The summed E-state index contributed by atoms with van der Waals surface area (Å²) in [5.74, 6) is 0.766. The molecule has 0 saturated carbocycles. The van der Waals surface area contributed by atoms with Crippen molar-refractivity contribution >= 4 is 22.9 Å². The van der Waals surface area contributed by atoms with E-state index in [9.17, 15) is 0 Å². The monoisotopic (exact) mass is 309 g/mol. The topological polar surface area (TPSA) is 21.3 Å². The number of ether oxygens (including phenoxy) is 1. The molecule has 0 saturated heterocycles. The highest BCUT2D eigenvalue weighted by Gasteiger charge is 2.03. The van der Waals surface area contributed by atoms with Gasteiger partial charge in [0.25, 0.3) is 0 Å². The quantitative estimate of drug-likeness (QED) is 0.724. The van der Waals surface area contributed by atoms with Crippen LogP contribution in [0, 0.1) is 0 Å². The molecule has 0 aliphatic carbocycles. The Hall–Kier alpha value is -1.03. The van der Waals surface area contributed by atoms with Crippen LogP contribution in [0.3, 0.4) is 0 Å². The van der Waals surface area contributed by atoms with E-state index >= 15 is 0 Å². The summed E-state index contributed by atoms with van der Waals surface area (Å²) < 4.78 is 5.75. The molecular weight excluding hydrogens is 290 g/mol. The normalized spacial score (nSPS) is 10.7. The van der Waals surface area contributed by atoms with Crippen molar-refractivity contribution in [3.05, 3.63) is 51.2 Å². The van der Waals surface area contributed by atoms with E-state index in [1.165, 1.54) is 10.4 Å². The van der Waals surface area contributed by atoms with Crippen molar-refractivity contribution in [2.24, 2.45) is 0 Å². The van der Waals surface area contributed by atoms with Gasteiger partial charge in [0.05, 0.1) is 11.6 Å². The molecule has 0 atom stereocenters. The van der Waals surface area contributed by atoms with Gasteiger partial charge in [-0.15, -0.1) is 11.3 Å². The first-order valence-electron chi connectivity index (χ1n) is 6.94. The summed E-state index contributed by atoms with van der Waals surface area (Å²) in [5, 5.41) is 6.13. The van der Waals surface area contributed by atoms with Gasteiger partial charge < -0.3 is 10.1 Å². The van der Waals surface area contributed by atoms with Gasteiger partial charge >= 0.3 is 0 Å². The molecule has 108 valence electrons. The highest BCUT2D eigenvalue weighted by atomic mass is 35.5. The van der Waals surface area contributed by atoms with E-state index in [1.54, 1.807) is 11.3 Å². The van der Waals surface area contributed by atoms with E-state index in [2.05, 4.69) is 35.8 Å². The second kappa shape index (κ2) is 8.30. The first-order valence-corrected chi connectivity index (χ1v) is 8.19. The zero-order chi connectivity index (χ0) is 14.2. The smallest absolute Gasteiger partial charge is 0.137 e. The molecule has 0 spiro atoms. The van der Waals surface area contributed by atoms with Gasteiger partial charge in [0, 0.05) is 17.8 Å². The number of halogens is 1. The average Bonchev–Trinajstić information content (AvgIpc) is 2.95. The van der Waals surface area contributed by atoms with Gasteiger partial charge in [-0.3, -0.25) is 0 Å². The predicted octanol–water partition coefficient (Wildman–Crippen LogP) is 4.52. The highest BCUT2D eigenvalue weighted by Crippen LogP contribution is 2.25. The number of hydrogen-bond donors (Lipinski definition) is 1. The van der Waals surface area contributed by atoms with Crippen molar-refractivity contribution in [3.63, 3.8) is 0 Å². The fourth-order valence-corrected chi connectivity index (χ4v) is 2.85. The molecule has 0 aliphatic rings. The van der Waals surface area contributed by atoms with E-state index in [0.29, 0.717) is 11.6 Å². The summed E-state index contributed by atoms with van der Waals surface area (Å²) in [6.07, 6.45) is 2.06. The number of thiophene rings is 1. The molecule has 4 heteroatoms. The lowest BCUT2D eigenvalue weighted by molar-refractivity contribution is 0.323. The third-order valence-corrected chi connectivity index (χ3v) is 4.17. The first-order chi connectivity index (χ1) is 9.79. The maximum Gasteiger partial charge on any atom is 0.137 e. The van der Waals surface area contributed by atoms with Gasteiger partial charge in [-0.2, -0.15) is 0 Å². The molecule has 1 aromatic carbocycles. The molecule has 2 rings (SSSR count). The Morgan fingerprint density at radius 3 is 2.90 bits per heavy atom. The summed E-state index contributed by atoms with van der Waals surface area (Å²) in [6.45, 7) is 4.69. The van der Waals surface area contributed by atoms with Crippen molar-refractivity contribution in [2.45, 2.75) is 26.3 Å². The van der Waals surface area contributed by atoms with Gasteiger partial charge in [-0.05, 0) is 42.1 Å². The van der Waals surface area contributed by atoms with Gasteiger partial charge in [-0.1, -0.05) is 30.7 Å². The molecule has 1 heterocycles. The first kappa shape index (κ1) is 15.4. The molecule has 2 nitrogen and oxygen atoms in total. The fraction of sp³-hybridized carbons (Fsp3) is 0.375. The Bertz CT molecular complexity index is 513. The van der Waals surface area contributed by atoms with E-state index in [4.69, 9.17) is 16.3 Å². The number of hydrogen-bond acceptors (Lipinski definition) is 3. The van der Waals surface area contributed by atoms with Crippen LogP contribution in [0.2, 0.25) is 5.02 Å². The average molecular weight is 310 g/mol. The second-order valence-corrected chi connectivity index (χ2v) is 6.06. The molecule has 1 N–H and O–H groups in total. The Morgan fingerprint density at radius 2 is 2.20 bits per heavy atom. The molecule has 20 heavy (non-hydrogen) atoms. The SMILES string of the molecule is CCCNCc1ccc(OCCc2cccs2)c(Cl)c1. The Morgan fingerprint density at radius 1 is 1.30 bits per heavy atom. The molecule has 0 fully saturated rings. The van der Waals surface area contributed by atoms with Crippen molar-refractivity contribution in [2.75, 3.05) is 13.2 Å². The standard InChI is InChI=1S/C16H20ClNOS/c1-2-8-18-12-13-5-6-16(15(17)11-13)19-9-7-14-4-3-10-20-14/h3-6,10-11,18H,2,7-9,12H2,1H3. The minimum atomic E-state index is 0.660. The van der Waals surface area contributed by atoms with Crippen LogP contribution >= 0.6 is 22.9 Å². The van der Waals surface area contributed by atoms with E-state index < -0.39 is 0 Å². The van der Waals surface area contributed by atoms with Crippen molar-refractivity contribution in [1.29, 1.82) is 0 Å². The zero-order valence-electron chi connectivity index (χ0n) is 11.7. The maximum atomic E-state index is 6.25. The number of benzene rings is 1. The van der Waals surface area contributed by atoms with Crippen molar-refractivity contribution < 1.29 is 4.74 Å².